The Labute approximate surface area is 301 Å². The van der Waals surface area contributed by atoms with Gasteiger partial charge in [0.05, 0.1) is 11.4 Å². The van der Waals surface area contributed by atoms with Crippen LogP contribution in [-0.2, 0) is 6.42 Å². The number of hydrogen-bond acceptors (Lipinski definition) is 3. The molecule has 0 bridgehead atoms. The maximum atomic E-state index is 2.44. The summed E-state index contributed by atoms with van der Waals surface area (Å²) in [6.45, 7) is 4.41. The minimum atomic E-state index is 1.04. The predicted octanol–water partition coefficient (Wildman–Crippen LogP) is 13.4. The predicted molar refractivity (Wildman–Crippen MR) is 221 cm³/mol. The molecule has 0 saturated carbocycles. The second-order valence-electron chi connectivity index (χ2n) is 13.7. The van der Waals surface area contributed by atoms with Gasteiger partial charge in [0.1, 0.15) is 0 Å². The molecule has 3 nitrogen and oxygen atoms in total. The van der Waals surface area contributed by atoms with Gasteiger partial charge in [-0.05, 0) is 113 Å². The standard InChI is InChI=1S/C48H43N3/c1-5-14-35-23-30-43-44(31-35)46-33-47(50(37-15-8-6-9-16-37)39-24-21-34(2)22-25-39)42-20-13-12-19-41(42)45(46)32-48(43)51(38-17-10-7-11-18-38)40-28-26-36(27-29-40)49(3)4/h6-13,15-33H,5,14H2,1-4H3. The molecule has 0 fully saturated rings. The first-order valence-corrected chi connectivity index (χ1v) is 18.0. The van der Waals surface area contributed by atoms with E-state index in [0.29, 0.717) is 0 Å². The minimum Gasteiger partial charge on any atom is -0.378 e. The molecule has 0 aliphatic rings. The van der Waals surface area contributed by atoms with Crippen LogP contribution in [0.5, 0.6) is 0 Å². The van der Waals surface area contributed by atoms with E-state index in [4.69, 9.17) is 0 Å². The van der Waals surface area contributed by atoms with Crippen molar-refractivity contribution in [1.29, 1.82) is 0 Å². The number of rotatable bonds is 9. The van der Waals surface area contributed by atoms with E-state index in [1.54, 1.807) is 0 Å². The molecule has 0 heterocycles. The van der Waals surface area contributed by atoms with Gasteiger partial charge < -0.3 is 14.7 Å². The smallest absolute Gasteiger partial charge is 0.0546 e. The summed E-state index contributed by atoms with van der Waals surface area (Å²) in [6.07, 6.45) is 2.14. The first-order valence-electron chi connectivity index (χ1n) is 18.0. The Kier molecular flexibility index (Phi) is 8.63. The van der Waals surface area contributed by atoms with E-state index in [9.17, 15) is 0 Å². The second-order valence-corrected chi connectivity index (χ2v) is 13.7. The average molecular weight is 662 g/mol. The topological polar surface area (TPSA) is 9.72 Å². The Hall–Kier alpha value is -6.06. The van der Waals surface area contributed by atoms with Gasteiger partial charge in [-0.2, -0.15) is 0 Å². The molecule has 0 aromatic heterocycles. The van der Waals surface area contributed by atoms with Gasteiger partial charge in [-0.1, -0.05) is 110 Å². The van der Waals surface area contributed by atoms with Crippen molar-refractivity contribution in [2.24, 2.45) is 0 Å². The van der Waals surface area contributed by atoms with Crippen LogP contribution in [0.15, 0.2) is 164 Å². The number of fused-ring (bicyclic) bond motifs is 5. The molecule has 8 rings (SSSR count). The summed E-state index contributed by atoms with van der Waals surface area (Å²) in [7, 11) is 4.18. The number of benzene rings is 8. The quantitative estimate of drug-likeness (QED) is 0.143. The van der Waals surface area contributed by atoms with Crippen LogP contribution in [0.2, 0.25) is 0 Å². The highest BCUT2D eigenvalue weighted by Gasteiger charge is 2.22. The molecule has 0 aliphatic heterocycles. The lowest BCUT2D eigenvalue weighted by Gasteiger charge is -2.30. The van der Waals surface area contributed by atoms with Crippen molar-refractivity contribution in [2.45, 2.75) is 26.7 Å². The van der Waals surface area contributed by atoms with Crippen molar-refractivity contribution >= 4 is 72.1 Å². The number of hydrogen-bond donors (Lipinski definition) is 0. The molecule has 0 atom stereocenters. The molecule has 51 heavy (non-hydrogen) atoms. The van der Waals surface area contributed by atoms with E-state index < -0.39 is 0 Å². The van der Waals surface area contributed by atoms with Crippen LogP contribution < -0.4 is 14.7 Å². The third-order valence-corrected chi connectivity index (χ3v) is 9.96. The Morgan fingerprint density at radius 3 is 1.37 bits per heavy atom. The summed E-state index contributed by atoms with van der Waals surface area (Å²) in [5.41, 5.74) is 10.6. The van der Waals surface area contributed by atoms with E-state index in [2.05, 4.69) is 206 Å². The summed E-state index contributed by atoms with van der Waals surface area (Å²) in [4.78, 5) is 6.99. The molecule has 8 aromatic rings. The molecule has 0 amide bonds. The SMILES string of the molecule is CCCc1ccc2c(N(c3ccccc3)c3ccc(N(C)C)cc3)cc3c4ccccc4c(N(c4ccccc4)c4ccc(C)cc4)cc3c2c1. The Morgan fingerprint density at radius 1 is 0.392 bits per heavy atom. The summed E-state index contributed by atoms with van der Waals surface area (Å²) in [6, 6.07) is 60.2. The fraction of sp³-hybridized carbons (Fsp3) is 0.125. The Bertz CT molecular complexity index is 2450. The first-order chi connectivity index (χ1) is 25.0. The van der Waals surface area contributed by atoms with Crippen molar-refractivity contribution in [1.82, 2.24) is 0 Å². The molecule has 250 valence electrons. The molecule has 0 unspecified atom stereocenters. The van der Waals surface area contributed by atoms with Gasteiger partial charge in [-0.15, -0.1) is 0 Å². The third-order valence-electron chi connectivity index (χ3n) is 9.96. The highest BCUT2D eigenvalue weighted by molar-refractivity contribution is 6.24. The zero-order chi connectivity index (χ0) is 34.9. The fourth-order valence-electron chi connectivity index (χ4n) is 7.43. The number of nitrogens with zero attached hydrogens (tertiary/aromatic N) is 3. The first kappa shape index (κ1) is 32.2. The van der Waals surface area contributed by atoms with Crippen molar-refractivity contribution < 1.29 is 0 Å². The van der Waals surface area contributed by atoms with Crippen LogP contribution >= 0.6 is 0 Å². The number of aryl methyl sites for hydroxylation is 2. The van der Waals surface area contributed by atoms with Crippen molar-refractivity contribution in [2.75, 3.05) is 28.8 Å². The minimum absolute atomic E-state index is 1.04. The van der Waals surface area contributed by atoms with Crippen molar-refractivity contribution in [3.63, 3.8) is 0 Å². The van der Waals surface area contributed by atoms with Crippen molar-refractivity contribution in [3.8, 4) is 0 Å². The number of para-hydroxylation sites is 2. The molecular weight excluding hydrogens is 619 g/mol. The zero-order valence-electron chi connectivity index (χ0n) is 29.8. The zero-order valence-corrected chi connectivity index (χ0v) is 29.8. The monoisotopic (exact) mass is 661 g/mol. The molecule has 0 aliphatic carbocycles. The van der Waals surface area contributed by atoms with Gasteiger partial charge >= 0.3 is 0 Å². The fourth-order valence-corrected chi connectivity index (χ4v) is 7.43. The molecule has 0 radical (unpaired) electrons. The molecule has 0 N–H and O–H groups in total. The van der Waals surface area contributed by atoms with E-state index in [1.807, 2.05) is 0 Å². The van der Waals surface area contributed by atoms with E-state index >= 15 is 0 Å². The maximum Gasteiger partial charge on any atom is 0.0546 e. The van der Waals surface area contributed by atoms with Crippen LogP contribution in [0.4, 0.5) is 39.8 Å². The van der Waals surface area contributed by atoms with Crippen LogP contribution in [0.3, 0.4) is 0 Å². The number of anilines is 7. The van der Waals surface area contributed by atoms with Crippen LogP contribution in [0, 0.1) is 6.92 Å². The highest BCUT2D eigenvalue weighted by Crippen LogP contribution is 2.47. The van der Waals surface area contributed by atoms with Gasteiger partial charge in [0.2, 0.25) is 0 Å². The Morgan fingerprint density at radius 2 is 0.824 bits per heavy atom. The summed E-state index contributed by atoms with van der Waals surface area (Å²) in [5, 5.41) is 7.44. The van der Waals surface area contributed by atoms with Crippen LogP contribution in [0.1, 0.15) is 24.5 Å². The average Bonchev–Trinajstić information content (AvgIpc) is 3.17. The van der Waals surface area contributed by atoms with Crippen LogP contribution in [0.25, 0.3) is 32.3 Å². The van der Waals surface area contributed by atoms with E-state index in [1.165, 1.54) is 60.5 Å². The lowest BCUT2D eigenvalue weighted by Crippen LogP contribution is -2.12. The summed E-state index contributed by atoms with van der Waals surface area (Å²) >= 11 is 0. The Balaban J connectivity index is 1.47. The molecule has 0 saturated heterocycles. The molecule has 3 heteroatoms. The maximum absolute atomic E-state index is 2.44. The molecular formula is C48H43N3. The summed E-state index contributed by atoms with van der Waals surface area (Å²) < 4.78 is 0. The highest BCUT2D eigenvalue weighted by atomic mass is 15.2. The largest absolute Gasteiger partial charge is 0.378 e. The van der Waals surface area contributed by atoms with Gasteiger partial charge in [0, 0.05) is 53.3 Å². The van der Waals surface area contributed by atoms with Gasteiger partial charge in [-0.25, -0.2) is 0 Å². The van der Waals surface area contributed by atoms with Crippen LogP contribution in [-0.4, -0.2) is 14.1 Å². The lowest BCUT2D eigenvalue weighted by molar-refractivity contribution is 0.924. The lowest BCUT2D eigenvalue weighted by atomic mass is 9.92. The second kappa shape index (κ2) is 13.7. The van der Waals surface area contributed by atoms with Crippen molar-refractivity contribution in [3.05, 3.63) is 175 Å². The summed E-state index contributed by atoms with van der Waals surface area (Å²) in [5.74, 6) is 0. The molecule has 8 aromatic carbocycles. The van der Waals surface area contributed by atoms with Gasteiger partial charge in [-0.3, -0.25) is 0 Å². The van der Waals surface area contributed by atoms with E-state index in [0.717, 1.165) is 35.6 Å². The molecule has 0 spiro atoms. The van der Waals surface area contributed by atoms with Gasteiger partial charge in [0.15, 0.2) is 0 Å². The normalized spacial score (nSPS) is 11.3. The third kappa shape index (κ3) is 6.06. The van der Waals surface area contributed by atoms with E-state index in [-0.39, 0.29) is 0 Å². The van der Waals surface area contributed by atoms with Gasteiger partial charge in [0.25, 0.3) is 0 Å².